The molecule has 5 heteroatoms. The van der Waals surface area contributed by atoms with Crippen LogP contribution in [-0.2, 0) is 4.74 Å². The number of carbonyl (C=O) groups is 1. The Morgan fingerprint density at radius 3 is 2.46 bits per heavy atom. The van der Waals surface area contributed by atoms with Gasteiger partial charge >= 0.3 is 6.03 Å². The van der Waals surface area contributed by atoms with Crippen LogP contribution in [0, 0.1) is 0 Å². The molecule has 0 aliphatic heterocycles. The zero-order valence-electron chi connectivity index (χ0n) is 16.4. The number of nitrogens with one attached hydrogen (secondary N) is 2. The molecule has 0 heterocycles. The van der Waals surface area contributed by atoms with E-state index in [0.29, 0.717) is 12.1 Å². The number of amides is 2. The number of hydrogen-bond donors (Lipinski definition) is 2. The van der Waals surface area contributed by atoms with Crippen LogP contribution in [0.1, 0.15) is 51.4 Å². The van der Waals surface area contributed by atoms with Gasteiger partial charge in [-0.25, -0.2) is 4.79 Å². The van der Waals surface area contributed by atoms with Crippen molar-refractivity contribution in [2.45, 2.75) is 63.5 Å². The Hall–Kier alpha value is -1.59. The smallest absolute Gasteiger partial charge is 0.321 e. The number of carbonyl (C=O) groups excluding carboxylic acids is 1. The Kier molecular flexibility index (Phi) is 9.50. The highest BCUT2D eigenvalue weighted by Crippen LogP contribution is 2.25. The molecule has 0 atom stereocenters. The van der Waals surface area contributed by atoms with Gasteiger partial charge in [0, 0.05) is 25.4 Å². The third-order valence-corrected chi connectivity index (χ3v) is 5.21. The van der Waals surface area contributed by atoms with Crippen LogP contribution in [0.5, 0.6) is 0 Å². The Bertz CT molecular complexity index is 501. The zero-order valence-corrected chi connectivity index (χ0v) is 16.4. The molecule has 0 aromatic heterocycles. The quantitative estimate of drug-likeness (QED) is 0.612. The Morgan fingerprint density at radius 1 is 1.08 bits per heavy atom. The minimum absolute atomic E-state index is 0.0258. The van der Waals surface area contributed by atoms with Gasteiger partial charge in [-0.15, -0.1) is 0 Å². The molecule has 1 aromatic rings. The van der Waals surface area contributed by atoms with Gasteiger partial charge in [0.05, 0.1) is 6.10 Å². The minimum Gasteiger partial charge on any atom is -0.378 e. The Labute approximate surface area is 158 Å². The fourth-order valence-electron chi connectivity index (χ4n) is 3.51. The maximum atomic E-state index is 12.4. The van der Waals surface area contributed by atoms with Gasteiger partial charge in [0.25, 0.3) is 0 Å². The van der Waals surface area contributed by atoms with Crippen molar-refractivity contribution in [2.75, 3.05) is 32.6 Å². The van der Waals surface area contributed by atoms with Gasteiger partial charge in [0.1, 0.15) is 0 Å². The van der Waals surface area contributed by atoms with E-state index in [4.69, 9.17) is 4.74 Å². The molecule has 5 nitrogen and oxygen atoms in total. The summed E-state index contributed by atoms with van der Waals surface area (Å²) in [5.74, 6) is 0. The molecule has 1 aliphatic rings. The van der Waals surface area contributed by atoms with Crippen LogP contribution >= 0.6 is 0 Å². The summed E-state index contributed by atoms with van der Waals surface area (Å²) in [7, 11) is 3.90. The van der Waals surface area contributed by atoms with Crippen LogP contribution in [0.3, 0.4) is 0 Å². The van der Waals surface area contributed by atoms with Gasteiger partial charge in [-0.05, 0) is 64.3 Å². The summed E-state index contributed by atoms with van der Waals surface area (Å²) in [6.07, 6.45) is 9.44. The maximum Gasteiger partial charge on any atom is 0.321 e. The maximum absolute atomic E-state index is 12.4. The lowest BCUT2D eigenvalue weighted by Crippen LogP contribution is -2.42. The molecular formula is C21H35N3O2. The first-order valence-corrected chi connectivity index (χ1v) is 10.1. The van der Waals surface area contributed by atoms with Gasteiger partial charge in [0.15, 0.2) is 0 Å². The van der Waals surface area contributed by atoms with Crippen LogP contribution in [0.4, 0.5) is 10.5 Å². The largest absolute Gasteiger partial charge is 0.378 e. The van der Waals surface area contributed by atoms with E-state index >= 15 is 0 Å². The first kappa shape index (κ1) is 20.7. The van der Waals surface area contributed by atoms with Crippen molar-refractivity contribution in [3.05, 3.63) is 30.3 Å². The second-order valence-electron chi connectivity index (χ2n) is 7.23. The van der Waals surface area contributed by atoms with Gasteiger partial charge in [0.2, 0.25) is 0 Å². The highest BCUT2D eigenvalue weighted by Gasteiger charge is 2.26. The molecule has 2 N–H and O–H groups in total. The number of para-hydroxylation sites is 1. The van der Waals surface area contributed by atoms with E-state index in [2.05, 4.69) is 10.6 Å². The summed E-state index contributed by atoms with van der Waals surface area (Å²) in [5, 5.41) is 6.15. The molecule has 0 spiro atoms. The number of nitrogens with zero attached hydrogens (tertiary/aromatic N) is 1. The second-order valence-corrected chi connectivity index (χ2v) is 7.23. The number of ether oxygens (including phenoxy) is 1. The fourth-order valence-corrected chi connectivity index (χ4v) is 3.51. The molecule has 26 heavy (non-hydrogen) atoms. The molecule has 0 bridgehead atoms. The van der Waals surface area contributed by atoms with Crippen molar-refractivity contribution in [3.63, 3.8) is 0 Å². The highest BCUT2D eigenvalue weighted by atomic mass is 16.5. The lowest BCUT2D eigenvalue weighted by atomic mass is 9.92. The molecule has 2 amide bonds. The standard InChI is InChI=1S/C21H35N3O2/c1-22-16-8-3-4-9-17-26-20-14-12-19(13-15-20)24(2)21(25)23-18-10-6-5-7-11-18/h5-7,10-11,19-20,22H,3-4,8-9,12-17H2,1-2H3,(H,23,25). The Morgan fingerprint density at radius 2 is 1.77 bits per heavy atom. The number of anilines is 1. The molecule has 1 aromatic carbocycles. The Balaban J connectivity index is 1.59. The summed E-state index contributed by atoms with van der Waals surface area (Å²) < 4.78 is 6.04. The van der Waals surface area contributed by atoms with Crippen molar-refractivity contribution in [1.82, 2.24) is 10.2 Å². The average Bonchev–Trinajstić information content (AvgIpc) is 2.68. The van der Waals surface area contributed by atoms with E-state index in [1.807, 2.05) is 49.3 Å². The summed E-state index contributed by atoms with van der Waals surface area (Å²) in [6, 6.07) is 9.91. The minimum atomic E-state index is -0.0258. The topological polar surface area (TPSA) is 53.6 Å². The van der Waals surface area contributed by atoms with E-state index in [0.717, 1.165) is 50.9 Å². The van der Waals surface area contributed by atoms with Crippen molar-refractivity contribution >= 4 is 11.7 Å². The molecular weight excluding hydrogens is 326 g/mol. The molecule has 2 rings (SSSR count). The normalized spacial score (nSPS) is 19.9. The molecule has 146 valence electrons. The van der Waals surface area contributed by atoms with Crippen molar-refractivity contribution in [2.24, 2.45) is 0 Å². The zero-order chi connectivity index (χ0) is 18.6. The van der Waals surface area contributed by atoms with Crippen LogP contribution < -0.4 is 10.6 Å². The predicted octanol–water partition coefficient (Wildman–Crippen LogP) is 4.26. The lowest BCUT2D eigenvalue weighted by molar-refractivity contribution is 0.0131. The van der Waals surface area contributed by atoms with Crippen LogP contribution in [0.2, 0.25) is 0 Å². The predicted molar refractivity (Wildman–Crippen MR) is 108 cm³/mol. The highest BCUT2D eigenvalue weighted by molar-refractivity contribution is 5.89. The third kappa shape index (κ3) is 7.34. The first-order valence-electron chi connectivity index (χ1n) is 10.1. The second kappa shape index (κ2) is 11.9. The van der Waals surface area contributed by atoms with Crippen LogP contribution in [0.15, 0.2) is 30.3 Å². The molecule has 0 radical (unpaired) electrons. The summed E-state index contributed by atoms with van der Waals surface area (Å²) >= 11 is 0. The number of urea groups is 1. The molecule has 1 aliphatic carbocycles. The van der Waals surface area contributed by atoms with Gasteiger partial charge in [-0.3, -0.25) is 0 Å². The van der Waals surface area contributed by atoms with Gasteiger partial charge in [-0.1, -0.05) is 31.0 Å². The van der Waals surface area contributed by atoms with E-state index in [1.165, 1.54) is 19.3 Å². The van der Waals surface area contributed by atoms with E-state index < -0.39 is 0 Å². The molecule has 1 saturated carbocycles. The first-order chi connectivity index (χ1) is 12.7. The fraction of sp³-hybridized carbons (Fsp3) is 0.667. The molecule has 0 saturated heterocycles. The third-order valence-electron chi connectivity index (χ3n) is 5.21. The average molecular weight is 362 g/mol. The van der Waals surface area contributed by atoms with Crippen molar-refractivity contribution < 1.29 is 9.53 Å². The summed E-state index contributed by atoms with van der Waals surface area (Å²) in [5.41, 5.74) is 0.844. The number of hydrogen-bond acceptors (Lipinski definition) is 3. The van der Waals surface area contributed by atoms with Crippen LogP contribution in [-0.4, -0.2) is 50.3 Å². The van der Waals surface area contributed by atoms with Crippen LogP contribution in [0.25, 0.3) is 0 Å². The van der Waals surface area contributed by atoms with Gasteiger partial charge in [-0.2, -0.15) is 0 Å². The van der Waals surface area contributed by atoms with Gasteiger partial charge < -0.3 is 20.3 Å². The SMILES string of the molecule is CNCCCCCCOC1CCC(N(C)C(=O)Nc2ccccc2)CC1. The number of unbranched alkanes of at least 4 members (excludes halogenated alkanes) is 3. The number of rotatable bonds is 10. The monoisotopic (exact) mass is 361 g/mol. The van der Waals surface area contributed by atoms with E-state index in [9.17, 15) is 4.79 Å². The lowest BCUT2D eigenvalue weighted by Gasteiger charge is -2.34. The number of benzene rings is 1. The van der Waals surface area contributed by atoms with E-state index in [-0.39, 0.29) is 6.03 Å². The molecule has 0 unspecified atom stereocenters. The van der Waals surface area contributed by atoms with E-state index in [1.54, 1.807) is 0 Å². The van der Waals surface area contributed by atoms with Crippen molar-refractivity contribution in [3.8, 4) is 0 Å². The molecule has 1 fully saturated rings. The summed E-state index contributed by atoms with van der Waals surface area (Å²) in [4.78, 5) is 14.2. The van der Waals surface area contributed by atoms with Crippen molar-refractivity contribution in [1.29, 1.82) is 0 Å². The summed E-state index contributed by atoms with van der Waals surface area (Å²) in [6.45, 7) is 1.98.